The Labute approximate surface area is 229 Å². The molecule has 0 bridgehead atoms. The Balaban J connectivity index is 1.33. The third-order valence-electron chi connectivity index (χ3n) is 5.65. The van der Waals surface area contributed by atoms with Crippen molar-refractivity contribution in [3.05, 3.63) is 86.3 Å². The van der Waals surface area contributed by atoms with Crippen LogP contribution in [-0.2, 0) is 4.79 Å². The van der Waals surface area contributed by atoms with Gasteiger partial charge in [-0.15, -0.1) is 34.5 Å². The molecule has 1 fully saturated rings. The highest BCUT2D eigenvalue weighted by atomic mass is 35.5. The van der Waals surface area contributed by atoms with E-state index < -0.39 is 28.0 Å². The van der Waals surface area contributed by atoms with E-state index in [9.17, 15) is 9.59 Å². The van der Waals surface area contributed by atoms with E-state index in [2.05, 4.69) is 15.6 Å². The van der Waals surface area contributed by atoms with Gasteiger partial charge in [0, 0.05) is 27.3 Å². The van der Waals surface area contributed by atoms with Gasteiger partial charge in [-0.3, -0.25) is 9.59 Å². The van der Waals surface area contributed by atoms with E-state index in [1.54, 1.807) is 35.8 Å². The molecule has 1 aliphatic carbocycles. The second kappa shape index (κ2) is 9.43. The van der Waals surface area contributed by atoms with Crippen molar-refractivity contribution in [3.63, 3.8) is 0 Å². The predicted molar refractivity (Wildman–Crippen MR) is 145 cm³/mol. The molecule has 5 rings (SSSR count). The third-order valence-corrected chi connectivity index (χ3v) is 8.15. The van der Waals surface area contributed by atoms with Gasteiger partial charge in [0.1, 0.15) is 4.33 Å². The Kier molecular flexibility index (Phi) is 6.64. The van der Waals surface area contributed by atoms with Crippen molar-refractivity contribution in [2.24, 2.45) is 5.92 Å². The number of carbonyl (C=O) groups excluding carboxylic acids is 2. The van der Waals surface area contributed by atoms with Gasteiger partial charge in [0.25, 0.3) is 5.91 Å². The van der Waals surface area contributed by atoms with Crippen LogP contribution in [0.1, 0.15) is 21.8 Å². The van der Waals surface area contributed by atoms with Gasteiger partial charge in [-0.2, -0.15) is 0 Å². The van der Waals surface area contributed by atoms with Crippen molar-refractivity contribution in [2.45, 2.75) is 10.3 Å². The highest BCUT2D eigenvalue weighted by Crippen LogP contribution is 2.65. The lowest BCUT2D eigenvalue weighted by molar-refractivity contribution is -0.117. The fraction of sp³-hybridized carbons (Fsp3) is 0.125. The summed E-state index contributed by atoms with van der Waals surface area (Å²) in [6, 6.07) is 15.0. The van der Waals surface area contributed by atoms with Gasteiger partial charge in [0.2, 0.25) is 5.91 Å². The molecule has 1 aromatic heterocycles. The third kappa shape index (κ3) is 4.96. The molecule has 3 aromatic carbocycles. The van der Waals surface area contributed by atoms with Crippen LogP contribution in [0.4, 0.5) is 11.4 Å². The van der Waals surface area contributed by atoms with Crippen LogP contribution in [-0.4, -0.2) is 21.1 Å². The van der Waals surface area contributed by atoms with E-state index in [1.807, 2.05) is 12.1 Å². The number of hydrogen-bond donors (Lipinski definition) is 2. The van der Waals surface area contributed by atoms with Crippen LogP contribution in [0.5, 0.6) is 0 Å². The number of carbonyl (C=O) groups is 2. The number of fused-ring (bicyclic) bond motifs is 1. The molecule has 178 valence electrons. The fourth-order valence-electron chi connectivity index (χ4n) is 3.95. The predicted octanol–water partition coefficient (Wildman–Crippen LogP) is 8.03. The summed E-state index contributed by atoms with van der Waals surface area (Å²) in [4.78, 5) is 30.2. The van der Waals surface area contributed by atoms with Crippen LogP contribution in [0.3, 0.4) is 0 Å². The lowest BCUT2D eigenvalue weighted by Crippen LogP contribution is -2.18. The molecule has 11 heteroatoms. The van der Waals surface area contributed by atoms with Crippen molar-refractivity contribution in [1.29, 1.82) is 0 Å². The lowest BCUT2D eigenvalue weighted by atomic mass is 10.1. The van der Waals surface area contributed by atoms with Crippen molar-refractivity contribution in [1.82, 2.24) is 4.98 Å². The van der Waals surface area contributed by atoms with Crippen molar-refractivity contribution >= 4 is 103 Å². The maximum atomic E-state index is 13.0. The molecule has 0 unspecified atom stereocenters. The Bertz CT molecular complexity index is 1470. The number of anilines is 2. The Morgan fingerprint density at radius 2 is 1.57 bits per heavy atom. The number of nitrogens with one attached hydrogen (secondary N) is 2. The van der Waals surface area contributed by atoms with E-state index >= 15 is 0 Å². The lowest BCUT2D eigenvalue weighted by Gasteiger charge is -2.10. The number of aromatic nitrogens is 1. The van der Waals surface area contributed by atoms with E-state index in [-0.39, 0.29) is 10.6 Å². The van der Waals surface area contributed by atoms with Crippen molar-refractivity contribution in [3.8, 4) is 0 Å². The van der Waals surface area contributed by atoms with Gasteiger partial charge < -0.3 is 10.6 Å². The first-order chi connectivity index (χ1) is 16.6. The number of alkyl halides is 2. The zero-order chi connectivity index (χ0) is 24.9. The summed E-state index contributed by atoms with van der Waals surface area (Å²) in [6.45, 7) is 0. The maximum absolute atomic E-state index is 13.0. The second-order valence-electron chi connectivity index (χ2n) is 8.01. The highest BCUT2D eigenvalue weighted by Gasteiger charge is 2.67. The maximum Gasteiger partial charge on any atom is 0.257 e. The molecular weight excluding hydrogens is 572 g/mol. The number of rotatable bonds is 5. The van der Waals surface area contributed by atoms with Gasteiger partial charge in [-0.25, -0.2) is 4.98 Å². The normalized spacial score (nSPS) is 18.3. The van der Waals surface area contributed by atoms with Crippen LogP contribution in [0, 0.1) is 5.92 Å². The van der Waals surface area contributed by atoms with Gasteiger partial charge in [-0.1, -0.05) is 34.8 Å². The van der Waals surface area contributed by atoms with Gasteiger partial charge in [-0.05, 0) is 60.2 Å². The van der Waals surface area contributed by atoms with Gasteiger partial charge in [0.15, 0.2) is 0 Å². The molecule has 5 nitrogen and oxygen atoms in total. The fourth-order valence-corrected chi connectivity index (χ4v) is 6.24. The summed E-state index contributed by atoms with van der Waals surface area (Å²) in [5, 5.41) is 6.68. The molecule has 2 amide bonds. The molecule has 4 aromatic rings. The molecule has 2 N–H and O–H groups in total. The van der Waals surface area contributed by atoms with Crippen LogP contribution in [0.25, 0.3) is 10.2 Å². The summed E-state index contributed by atoms with van der Waals surface area (Å²) in [6.07, 6.45) is 0. The van der Waals surface area contributed by atoms with Crippen molar-refractivity contribution < 1.29 is 9.59 Å². The first-order valence-electron chi connectivity index (χ1n) is 10.2. The number of amides is 2. The smallest absolute Gasteiger partial charge is 0.257 e. The quantitative estimate of drug-likeness (QED) is 0.233. The molecular formula is C24H14Cl5N3O2S. The molecule has 0 spiro atoms. The highest BCUT2D eigenvalue weighted by molar-refractivity contribution is 7.16. The van der Waals surface area contributed by atoms with E-state index in [0.717, 1.165) is 10.2 Å². The number of halogens is 5. The summed E-state index contributed by atoms with van der Waals surface area (Å²) >= 11 is 32.8. The minimum absolute atomic E-state index is 0.200. The standard InChI is InChI=1S/C24H14Cl5N3O2S/c25-12-5-11(6-13(26)7-12)20-21(24(20,28)29)23(34)32-14-1-3-17(27)16(8-14)22(33)31-15-2-4-18-19(9-15)35-10-30-18/h1-10,20-21H,(H,31,33)(H,32,34)/t20-,21+/m0/s1. The second-order valence-corrected chi connectivity index (χ2v) is 11.6. The molecule has 2 atom stereocenters. The molecule has 0 radical (unpaired) electrons. The van der Waals surface area contributed by atoms with E-state index in [4.69, 9.17) is 58.0 Å². The number of benzene rings is 3. The average Bonchev–Trinajstić information content (AvgIpc) is 3.11. The Morgan fingerprint density at radius 3 is 2.31 bits per heavy atom. The number of thiazole rings is 1. The van der Waals surface area contributed by atoms with E-state index in [1.165, 1.54) is 23.5 Å². The van der Waals surface area contributed by atoms with Gasteiger partial charge in [0.05, 0.1) is 32.2 Å². The van der Waals surface area contributed by atoms with Gasteiger partial charge >= 0.3 is 0 Å². The average molecular weight is 586 g/mol. The summed E-state index contributed by atoms with van der Waals surface area (Å²) in [7, 11) is 0. The number of hydrogen-bond acceptors (Lipinski definition) is 4. The Morgan fingerprint density at radius 1 is 0.886 bits per heavy atom. The molecule has 1 aliphatic rings. The van der Waals surface area contributed by atoms with Crippen LogP contribution in [0.2, 0.25) is 15.1 Å². The van der Waals surface area contributed by atoms with Crippen LogP contribution < -0.4 is 10.6 Å². The zero-order valence-electron chi connectivity index (χ0n) is 17.5. The number of nitrogens with zero attached hydrogens (tertiary/aromatic N) is 1. The minimum Gasteiger partial charge on any atom is -0.326 e. The van der Waals surface area contributed by atoms with Crippen LogP contribution in [0.15, 0.2) is 60.1 Å². The van der Waals surface area contributed by atoms with Crippen LogP contribution >= 0.6 is 69.3 Å². The summed E-state index contributed by atoms with van der Waals surface area (Å²) in [5.74, 6) is -2.05. The topological polar surface area (TPSA) is 71.1 Å². The summed E-state index contributed by atoms with van der Waals surface area (Å²) < 4.78 is -0.374. The largest absolute Gasteiger partial charge is 0.326 e. The Hall–Kier alpha value is -2.06. The van der Waals surface area contributed by atoms with Crippen molar-refractivity contribution in [2.75, 3.05) is 10.6 Å². The van der Waals surface area contributed by atoms with E-state index in [0.29, 0.717) is 27.0 Å². The zero-order valence-corrected chi connectivity index (χ0v) is 22.1. The molecule has 1 saturated carbocycles. The molecule has 0 saturated heterocycles. The monoisotopic (exact) mass is 583 g/mol. The molecule has 35 heavy (non-hydrogen) atoms. The minimum atomic E-state index is -1.32. The molecule has 1 heterocycles. The molecule has 0 aliphatic heterocycles. The SMILES string of the molecule is O=C(Nc1ccc2ncsc2c1)c1cc(NC(=O)[C@H]2[C@H](c3cc(Cl)cc(Cl)c3)C2(Cl)Cl)ccc1Cl. The first-order valence-corrected chi connectivity index (χ1v) is 13.0. The summed E-state index contributed by atoms with van der Waals surface area (Å²) in [5.41, 5.74) is 4.44. The first kappa shape index (κ1) is 24.6.